The molecule has 0 radical (unpaired) electrons. The van der Waals surface area contributed by atoms with Gasteiger partial charge in [0.25, 0.3) is 5.56 Å². The molecule has 0 bridgehead atoms. The molecule has 0 aromatic carbocycles. The van der Waals surface area contributed by atoms with Crippen LogP contribution in [0.3, 0.4) is 0 Å². The normalized spacial score (nSPS) is 10.9. The fourth-order valence-corrected chi connectivity index (χ4v) is 1.63. The Bertz CT molecular complexity index is 366. The number of rotatable bonds is 3. The minimum atomic E-state index is -0.0575. The lowest BCUT2D eigenvalue weighted by atomic mass is 9.98. The molecule has 3 nitrogen and oxygen atoms in total. The summed E-state index contributed by atoms with van der Waals surface area (Å²) in [6.45, 7) is 8.18. The minimum Gasteiger partial charge on any atom is -0.268 e. The molecule has 1 heterocycles. The highest BCUT2D eigenvalue weighted by atomic mass is 16.1. The van der Waals surface area contributed by atoms with Crippen molar-refractivity contribution in [3.05, 3.63) is 27.2 Å². The van der Waals surface area contributed by atoms with Crippen LogP contribution in [-0.4, -0.2) is 10.2 Å². The van der Waals surface area contributed by atoms with Crippen molar-refractivity contribution in [2.45, 2.75) is 46.5 Å². The first-order chi connectivity index (χ1) is 6.57. The Morgan fingerprint density at radius 2 is 2.07 bits per heavy atom. The van der Waals surface area contributed by atoms with E-state index in [0.717, 1.165) is 29.7 Å². The number of aromatic nitrogens is 2. The maximum atomic E-state index is 11.4. The van der Waals surface area contributed by atoms with Crippen molar-refractivity contribution in [1.29, 1.82) is 0 Å². The zero-order valence-corrected chi connectivity index (χ0v) is 9.35. The molecule has 0 atom stereocenters. The first-order valence-corrected chi connectivity index (χ1v) is 5.16. The molecule has 3 heteroatoms. The van der Waals surface area contributed by atoms with Crippen molar-refractivity contribution in [2.24, 2.45) is 0 Å². The largest absolute Gasteiger partial charge is 0.268 e. The first kappa shape index (κ1) is 11.0. The van der Waals surface area contributed by atoms with E-state index in [1.807, 2.05) is 6.92 Å². The lowest BCUT2D eigenvalue weighted by molar-refractivity contribution is 0.734. The summed E-state index contributed by atoms with van der Waals surface area (Å²) in [5.74, 6) is 0.368. The van der Waals surface area contributed by atoms with Crippen LogP contribution >= 0.6 is 0 Å². The van der Waals surface area contributed by atoms with Crippen LogP contribution in [0.5, 0.6) is 0 Å². The Labute approximate surface area is 84.6 Å². The highest BCUT2D eigenvalue weighted by molar-refractivity contribution is 5.28. The van der Waals surface area contributed by atoms with Crippen LogP contribution in [0.25, 0.3) is 0 Å². The fourth-order valence-electron chi connectivity index (χ4n) is 1.63. The third kappa shape index (κ3) is 2.03. The third-order valence-electron chi connectivity index (χ3n) is 2.43. The maximum Gasteiger partial charge on any atom is 0.267 e. The number of hydrogen-bond acceptors (Lipinski definition) is 2. The fraction of sp³-hybridized carbons (Fsp3) is 0.636. The second kappa shape index (κ2) is 4.40. The van der Waals surface area contributed by atoms with Crippen LogP contribution < -0.4 is 5.56 Å². The molecule has 78 valence electrons. The van der Waals surface area contributed by atoms with Gasteiger partial charge in [0.15, 0.2) is 0 Å². The number of nitrogens with zero attached hydrogens (tertiary/aromatic N) is 1. The second-order valence-electron chi connectivity index (χ2n) is 3.95. The summed E-state index contributed by atoms with van der Waals surface area (Å²) in [4.78, 5) is 11.4. The Morgan fingerprint density at radius 1 is 1.43 bits per heavy atom. The van der Waals surface area contributed by atoms with Gasteiger partial charge in [-0.05, 0) is 24.8 Å². The van der Waals surface area contributed by atoms with Crippen molar-refractivity contribution < 1.29 is 0 Å². The second-order valence-corrected chi connectivity index (χ2v) is 3.95. The monoisotopic (exact) mass is 194 g/mol. The molecule has 0 fully saturated rings. The molecule has 0 saturated carbocycles. The lowest BCUT2D eigenvalue weighted by Crippen LogP contribution is -2.18. The van der Waals surface area contributed by atoms with E-state index in [1.165, 1.54) is 0 Å². The van der Waals surface area contributed by atoms with Gasteiger partial charge in [-0.2, -0.15) is 5.10 Å². The van der Waals surface area contributed by atoms with E-state index in [4.69, 9.17) is 0 Å². The van der Waals surface area contributed by atoms with E-state index in [2.05, 4.69) is 31.0 Å². The average Bonchev–Trinajstić information content (AvgIpc) is 2.13. The maximum absolute atomic E-state index is 11.4. The Hall–Kier alpha value is -1.12. The van der Waals surface area contributed by atoms with Gasteiger partial charge in [0.2, 0.25) is 0 Å². The van der Waals surface area contributed by atoms with Gasteiger partial charge in [0.1, 0.15) is 0 Å². The molecule has 0 aliphatic carbocycles. The Morgan fingerprint density at radius 3 is 2.57 bits per heavy atom. The van der Waals surface area contributed by atoms with Gasteiger partial charge in [-0.1, -0.05) is 27.2 Å². The molecule has 0 aliphatic heterocycles. The molecule has 1 aromatic heterocycles. The molecule has 0 saturated heterocycles. The topological polar surface area (TPSA) is 45.8 Å². The highest BCUT2D eigenvalue weighted by Gasteiger charge is 2.12. The van der Waals surface area contributed by atoms with Gasteiger partial charge in [-0.15, -0.1) is 0 Å². The predicted molar refractivity (Wildman–Crippen MR) is 57.7 cm³/mol. The van der Waals surface area contributed by atoms with Gasteiger partial charge < -0.3 is 0 Å². The van der Waals surface area contributed by atoms with E-state index in [9.17, 15) is 4.79 Å². The molecule has 0 unspecified atom stereocenters. The summed E-state index contributed by atoms with van der Waals surface area (Å²) in [6.07, 6.45) is 1.99. The third-order valence-corrected chi connectivity index (χ3v) is 2.43. The smallest absolute Gasteiger partial charge is 0.267 e. The molecule has 1 rings (SSSR count). The van der Waals surface area contributed by atoms with Crippen molar-refractivity contribution in [1.82, 2.24) is 10.2 Å². The SMILES string of the molecule is CCCc1c(C(C)C)n[nH]c(=O)c1C. The zero-order valence-electron chi connectivity index (χ0n) is 9.35. The van der Waals surface area contributed by atoms with Crippen LogP contribution in [0.15, 0.2) is 4.79 Å². The average molecular weight is 194 g/mol. The van der Waals surface area contributed by atoms with Gasteiger partial charge in [0.05, 0.1) is 5.69 Å². The number of nitrogens with one attached hydrogen (secondary N) is 1. The number of H-pyrrole nitrogens is 1. The summed E-state index contributed by atoms with van der Waals surface area (Å²) in [7, 11) is 0. The standard InChI is InChI=1S/C11H18N2O/c1-5-6-9-8(4)11(14)13-12-10(9)7(2)3/h7H,5-6H2,1-4H3,(H,13,14). The minimum absolute atomic E-state index is 0.0575. The van der Waals surface area contributed by atoms with E-state index in [-0.39, 0.29) is 5.56 Å². The van der Waals surface area contributed by atoms with Crippen molar-refractivity contribution >= 4 is 0 Å². The van der Waals surface area contributed by atoms with Crippen LogP contribution in [0.4, 0.5) is 0 Å². The first-order valence-electron chi connectivity index (χ1n) is 5.16. The van der Waals surface area contributed by atoms with Gasteiger partial charge >= 0.3 is 0 Å². The van der Waals surface area contributed by atoms with Crippen LogP contribution in [0, 0.1) is 6.92 Å². The van der Waals surface area contributed by atoms with Crippen molar-refractivity contribution in [3.8, 4) is 0 Å². The zero-order chi connectivity index (χ0) is 10.7. The molecular formula is C11H18N2O. The number of hydrogen-bond donors (Lipinski definition) is 1. The van der Waals surface area contributed by atoms with Crippen LogP contribution in [-0.2, 0) is 6.42 Å². The summed E-state index contributed by atoms with van der Waals surface area (Å²) >= 11 is 0. The van der Waals surface area contributed by atoms with Crippen molar-refractivity contribution in [2.75, 3.05) is 0 Å². The van der Waals surface area contributed by atoms with Gasteiger partial charge in [0, 0.05) is 5.56 Å². The summed E-state index contributed by atoms with van der Waals surface area (Å²) in [5.41, 5.74) is 2.93. The van der Waals surface area contributed by atoms with Crippen LogP contribution in [0.1, 0.15) is 49.9 Å². The summed E-state index contributed by atoms with van der Waals surface area (Å²) in [6, 6.07) is 0. The molecule has 0 aliphatic rings. The van der Waals surface area contributed by atoms with Gasteiger partial charge in [-0.3, -0.25) is 4.79 Å². The van der Waals surface area contributed by atoms with E-state index >= 15 is 0 Å². The lowest BCUT2D eigenvalue weighted by Gasteiger charge is -2.12. The Kier molecular flexibility index (Phi) is 3.44. The van der Waals surface area contributed by atoms with E-state index in [1.54, 1.807) is 0 Å². The Balaban J connectivity index is 3.30. The number of aromatic amines is 1. The van der Waals surface area contributed by atoms with Crippen LogP contribution in [0.2, 0.25) is 0 Å². The quantitative estimate of drug-likeness (QED) is 0.801. The molecule has 14 heavy (non-hydrogen) atoms. The molecule has 0 amide bonds. The molecule has 1 N–H and O–H groups in total. The summed E-state index contributed by atoms with van der Waals surface area (Å²) < 4.78 is 0. The summed E-state index contributed by atoms with van der Waals surface area (Å²) in [5, 5.41) is 6.66. The molecule has 1 aromatic rings. The molecular weight excluding hydrogens is 176 g/mol. The van der Waals surface area contributed by atoms with E-state index < -0.39 is 0 Å². The van der Waals surface area contributed by atoms with Crippen molar-refractivity contribution in [3.63, 3.8) is 0 Å². The predicted octanol–water partition coefficient (Wildman–Crippen LogP) is 2.15. The van der Waals surface area contributed by atoms with E-state index in [0.29, 0.717) is 5.92 Å². The highest BCUT2D eigenvalue weighted by Crippen LogP contribution is 2.18. The van der Waals surface area contributed by atoms with Gasteiger partial charge in [-0.25, -0.2) is 5.10 Å². The molecule has 0 spiro atoms.